The van der Waals surface area contributed by atoms with E-state index in [-0.39, 0.29) is 0 Å². The molecule has 0 aliphatic carbocycles. The van der Waals surface area contributed by atoms with E-state index >= 15 is 0 Å². The summed E-state index contributed by atoms with van der Waals surface area (Å²) in [6, 6.07) is 7.38. The first-order chi connectivity index (χ1) is 8.95. The molecule has 0 aromatic heterocycles. The fourth-order valence-corrected chi connectivity index (χ4v) is 1.65. The third-order valence-electron chi connectivity index (χ3n) is 2.77. The van der Waals surface area contributed by atoms with Gasteiger partial charge in [-0.1, -0.05) is 12.1 Å². The number of hydrogen-bond donors (Lipinski definition) is 1. The van der Waals surface area contributed by atoms with Gasteiger partial charge in [0.05, 0.1) is 6.61 Å². The molecule has 0 saturated carbocycles. The molecule has 0 heterocycles. The highest BCUT2D eigenvalue weighted by Crippen LogP contribution is 2.14. The average Bonchev–Trinajstić information content (AvgIpc) is 2.39. The molecule has 1 amide bonds. The lowest BCUT2D eigenvalue weighted by molar-refractivity contribution is -0.149. The van der Waals surface area contributed by atoms with Crippen LogP contribution in [0.1, 0.15) is 19.4 Å². The first-order valence-electron chi connectivity index (χ1n) is 6.15. The number of nitrogens with zero attached hydrogens (tertiary/aromatic N) is 1. The number of ether oxygens (including phenoxy) is 1. The van der Waals surface area contributed by atoms with Gasteiger partial charge in [0.2, 0.25) is 5.91 Å². The van der Waals surface area contributed by atoms with Crippen LogP contribution in [0.15, 0.2) is 24.3 Å². The van der Waals surface area contributed by atoms with Crippen LogP contribution in [-0.4, -0.2) is 35.5 Å². The molecule has 0 radical (unpaired) electrons. The number of carboxylic acids is 1. The van der Waals surface area contributed by atoms with E-state index in [2.05, 4.69) is 0 Å². The molecule has 0 aliphatic heterocycles. The summed E-state index contributed by atoms with van der Waals surface area (Å²) in [5, 5.41) is 8.80. The number of carbonyl (C=O) groups is 2. The van der Waals surface area contributed by atoms with Gasteiger partial charge < -0.3 is 14.7 Å². The fourth-order valence-electron chi connectivity index (χ4n) is 1.65. The van der Waals surface area contributed by atoms with Gasteiger partial charge in [0, 0.05) is 13.6 Å². The summed E-state index contributed by atoms with van der Waals surface area (Å²) in [4.78, 5) is 23.9. The van der Waals surface area contributed by atoms with E-state index in [0.29, 0.717) is 13.2 Å². The predicted octanol–water partition coefficient (Wildman–Crippen LogP) is 1.76. The van der Waals surface area contributed by atoms with Gasteiger partial charge in [0.1, 0.15) is 11.7 Å². The first-order valence-corrected chi connectivity index (χ1v) is 6.15. The maximum absolute atomic E-state index is 11.8. The average molecular weight is 265 g/mol. The zero-order valence-corrected chi connectivity index (χ0v) is 11.4. The summed E-state index contributed by atoms with van der Waals surface area (Å²) < 4.78 is 5.32. The lowest BCUT2D eigenvalue weighted by atomic mass is 10.1. The summed E-state index contributed by atoms with van der Waals surface area (Å²) in [5.41, 5.74) is 0.928. The van der Waals surface area contributed by atoms with Gasteiger partial charge >= 0.3 is 5.97 Å². The smallest absolute Gasteiger partial charge is 0.315 e. The molecule has 1 rings (SSSR count). The van der Waals surface area contributed by atoms with Gasteiger partial charge in [-0.25, -0.2) is 0 Å². The van der Waals surface area contributed by atoms with Crippen molar-refractivity contribution >= 4 is 11.9 Å². The van der Waals surface area contributed by atoms with Crippen LogP contribution < -0.4 is 4.74 Å². The van der Waals surface area contributed by atoms with Gasteiger partial charge in [0.15, 0.2) is 0 Å². The first kappa shape index (κ1) is 15.0. The van der Waals surface area contributed by atoms with Crippen molar-refractivity contribution in [1.82, 2.24) is 4.90 Å². The Hall–Kier alpha value is -2.04. The van der Waals surface area contributed by atoms with Crippen LogP contribution in [0.3, 0.4) is 0 Å². The molecule has 1 aromatic carbocycles. The minimum absolute atomic E-state index is 0.378. The Morgan fingerprint density at radius 2 is 1.89 bits per heavy atom. The molecule has 5 heteroatoms. The summed E-state index contributed by atoms with van der Waals surface area (Å²) >= 11 is 0. The Kier molecular flexibility index (Phi) is 5.36. The fraction of sp³-hybridized carbons (Fsp3) is 0.429. The summed E-state index contributed by atoms with van der Waals surface area (Å²) in [6.07, 6.45) is 0. The van der Waals surface area contributed by atoms with Crippen molar-refractivity contribution in [3.8, 4) is 5.75 Å². The standard InChI is InChI=1S/C14H19NO4/c1-4-19-12-7-5-11(6-8-12)9-15(3)13(16)10(2)14(17)18/h5-8,10H,4,9H2,1-3H3,(H,17,18). The Morgan fingerprint density at radius 3 is 2.37 bits per heavy atom. The van der Waals surface area contributed by atoms with Crippen molar-refractivity contribution in [2.75, 3.05) is 13.7 Å². The van der Waals surface area contributed by atoms with Crippen LogP contribution in [0.25, 0.3) is 0 Å². The third-order valence-corrected chi connectivity index (χ3v) is 2.77. The van der Waals surface area contributed by atoms with Crippen molar-refractivity contribution in [1.29, 1.82) is 0 Å². The van der Waals surface area contributed by atoms with Crippen LogP contribution in [0.4, 0.5) is 0 Å². The van der Waals surface area contributed by atoms with Gasteiger partial charge in [-0.05, 0) is 31.5 Å². The van der Waals surface area contributed by atoms with E-state index in [1.165, 1.54) is 11.8 Å². The topological polar surface area (TPSA) is 66.8 Å². The number of amides is 1. The van der Waals surface area contributed by atoms with Crippen molar-refractivity contribution < 1.29 is 19.4 Å². The minimum atomic E-state index is -1.11. The quantitative estimate of drug-likeness (QED) is 0.796. The summed E-state index contributed by atoms with van der Waals surface area (Å²) in [7, 11) is 1.60. The normalized spacial score (nSPS) is 11.7. The molecule has 0 aliphatic rings. The van der Waals surface area contributed by atoms with Crippen LogP contribution >= 0.6 is 0 Å². The van der Waals surface area contributed by atoms with E-state index in [4.69, 9.17) is 9.84 Å². The summed E-state index contributed by atoms with van der Waals surface area (Å²) in [5.74, 6) is -1.75. The van der Waals surface area contributed by atoms with Crippen molar-refractivity contribution in [2.24, 2.45) is 5.92 Å². The lowest BCUT2D eigenvalue weighted by Gasteiger charge is -2.19. The van der Waals surface area contributed by atoms with Crippen molar-refractivity contribution in [3.63, 3.8) is 0 Å². The second-order valence-corrected chi connectivity index (χ2v) is 4.33. The lowest BCUT2D eigenvalue weighted by Crippen LogP contribution is -2.34. The molecule has 1 N–H and O–H groups in total. The molecule has 0 fully saturated rings. The molecule has 1 aromatic rings. The van der Waals surface area contributed by atoms with Gasteiger partial charge in [-0.2, -0.15) is 0 Å². The van der Waals surface area contributed by atoms with Gasteiger partial charge in [-0.15, -0.1) is 0 Å². The predicted molar refractivity (Wildman–Crippen MR) is 70.9 cm³/mol. The Labute approximate surface area is 112 Å². The molecule has 1 atom stereocenters. The number of carboxylic acid groups (broad SMARTS) is 1. The SMILES string of the molecule is CCOc1ccc(CN(C)C(=O)C(C)C(=O)O)cc1. The molecule has 0 bridgehead atoms. The molecule has 104 valence electrons. The minimum Gasteiger partial charge on any atom is -0.494 e. The Morgan fingerprint density at radius 1 is 1.32 bits per heavy atom. The van der Waals surface area contributed by atoms with E-state index in [9.17, 15) is 9.59 Å². The summed E-state index contributed by atoms with van der Waals surface area (Å²) in [6.45, 7) is 4.28. The van der Waals surface area contributed by atoms with Crippen molar-refractivity contribution in [2.45, 2.75) is 20.4 Å². The third kappa shape index (κ3) is 4.28. The highest BCUT2D eigenvalue weighted by atomic mass is 16.5. The van der Waals surface area contributed by atoms with E-state index in [1.807, 2.05) is 31.2 Å². The van der Waals surface area contributed by atoms with Gasteiger partial charge in [-0.3, -0.25) is 9.59 Å². The molecular formula is C14H19NO4. The Bertz CT molecular complexity index is 441. The number of hydrogen-bond acceptors (Lipinski definition) is 3. The molecule has 0 saturated heterocycles. The van der Waals surface area contributed by atoms with Crippen LogP contribution in [0, 0.1) is 5.92 Å². The maximum atomic E-state index is 11.8. The maximum Gasteiger partial charge on any atom is 0.315 e. The number of carbonyl (C=O) groups excluding carboxylic acids is 1. The zero-order valence-electron chi connectivity index (χ0n) is 11.4. The monoisotopic (exact) mass is 265 g/mol. The van der Waals surface area contributed by atoms with Crippen LogP contribution in [-0.2, 0) is 16.1 Å². The van der Waals surface area contributed by atoms with Crippen molar-refractivity contribution in [3.05, 3.63) is 29.8 Å². The molecular weight excluding hydrogens is 246 g/mol. The molecule has 1 unspecified atom stereocenters. The second-order valence-electron chi connectivity index (χ2n) is 4.33. The highest BCUT2D eigenvalue weighted by molar-refractivity contribution is 5.96. The van der Waals surface area contributed by atoms with E-state index in [1.54, 1.807) is 7.05 Å². The molecule has 19 heavy (non-hydrogen) atoms. The second kappa shape index (κ2) is 6.78. The van der Waals surface area contributed by atoms with Gasteiger partial charge in [0.25, 0.3) is 0 Å². The highest BCUT2D eigenvalue weighted by Gasteiger charge is 2.23. The van der Waals surface area contributed by atoms with E-state index < -0.39 is 17.8 Å². The van der Waals surface area contributed by atoms with E-state index in [0.717, 1.165) is 11.3 Å². The largest absolute Gasteiger partial charge is 0.494 e. The zero-order chi connectivity index (χ0) is 14.4. The molecule has 5 nitrogen and oxygen atoms in total. The number of aliphatic carboxylic acids is 1. The Balaban J connectivity index is 2.63. The van der Waals surface area contributed by atoms with Crippen LogP contribution in [0.5, 0.6) is 5.75 Å². The number of rotatable bonds is 6. The van der Waals surface area contributed by atoms with Crippen LogP contribution in [0.2, 0.25) is 0 Å². The molecule has 0 spiro atoms. The number of benzene rings is 1.